The zero-order valence-corrected chi connectivity index (χ0v) is 12.2. The number of benzene rings is 1. The average Bonchev–Trinajstić information content (AvgIpc) is 2.54. The van der Waals surface area contributed by atoms with E-state index in [-0.39, 0.29) is 0 Å². The van der Waals surface area contributed by atoms with Gasteiger partial charge in [-0.05, 0) is 30.7 Å². The van der Waals surface area contributed by atoms with Crippen LogP contribution in [0.25, 0.3) is 0 Å². The van der Waals surface area contributed by atoms with Gasteiger partial charge in [0, 0.05) is 18.5 Å². The van der Waals surface area contributed by atoms with Gasteiger partial charge in [-0.25, -0.2) is 4.79 Å². The molecule has 0 fully saturated rings. The molecule has 0 aliphatic rings. The molecule has 0 saturated carbocycles. The molecule has 0 saturated heterocycles. The number of methoxy groups -OCH3 is 1. The van der Waals surface area contributed by atoms with E-state index in [0.29, 0.717) is 18.9 Å². The number of anilines is 1. The van der Waals surface area contributed by atoms with Crippen molar-refractivity contribution in [2.24, 2.45) is 0 Å². The number of hydrogen-bond acceptors (Lipinski definition) is 4. The van der Waals surface area contributed by atoms with Crippen LogP contribution in [0.15, 0.2) is 48.8 Å². The van der Waals surface area contributed by atoms with Crippen molar-refractivity contribution in [2.75, 3.05) is 18.6 Å². The summed E-state index contributed by atoms with van der Waals surface area (Å²) in [5.74, 6) is 0.688. The highest BCUT2D eigenvalue weighted by Crippen LogP contribution is 2.23. The number of carbonyl (C=O) groups is 1. The van der Waals surface area contributed by atoms with Crippen LogP contribution in [0.1, 0.15) is 12.5 Å². The normalized spacial score (nSPS) is 10.0. The molecule has 2 aromatic rings. The molecule has 5 nitrogen and oxygen atoms in total. The molecule has 5 heteroatoms. The Hall–Kier alpha value is -2.56. The summed E-state index contributed by atoms with van der Waals surface area (Å²) < 4.78 is 10.3. The highest BCUT2D eigenvalue weighted by Gasteiger charge is 2.18. The van der Waals surface area contributed by atoms with Crippen molar-refractivity contribution in [3.05, 3.63) is 54.4 Å². The van der Waals surface area contributed by atoms with Gasteiger partial charge in [0.05, 0.1) is 25.9 Å². The molecular formula is C16H18N2O3. The van der Waals surface area contributed by atoms with E-state index in [1.54, 1.807) is 37.4 Å². The minimum absolute atomic E-state index is 0.326. The van der Waals surface area contributed by atoms with Gasteiger partial charge in [-0.2, -0.15) is 0 Å². The van der Waals surface area contributed by atoms with E-state index in [2.05, 4.69) is 4.98 Å². The molecule has 0 radical (unpaired) electrons. The fraction of sp³-hybridized carbons (Fsp3) is 0.250. The maximum absolute atomic E-state index is 12.2. The molecule has 0 N–H and O–H groups in total. The Morgan fingerprint density at radius 2 is 2.14 bits per heavy atom. The van der Waals surface area contributed by atoms with Gasteiger partial charge in [-0.1, -0.05) is 12.1 Å². The first-order valence-corrected chi connectivity index (χ1v) is 6.72. The van der Waals surface area contributed by atoms with E-state index in [1.165, 1.54) is 0 Å². The van der Waals surface area contributed by atoms with Crippen LogP contribution >= 0.6 is 0 Å². The predicted octanol–water partition coefficient (Wildman–Crippen LogP) is 3.25. The second-order valence-electron chi connectivity index (χ2n) is 4.35. The highest BCUT2D eigenvalue weighted by molar-refractivity contribution is 5.87. The molecule has 0 aliphatic heterocycles. The van der Waals surface area contributed by atoms with Crippen molar-refractivity contribution in [3.8, 4) is 5.75 Å². The van der Waals surface area contributed by atoms with Crippen molar-refractivity contribution in [2.45, 2.75) is 13.5 Å². The summed E-state index contributed by atoms with van der Waals surface area (Å²) >= 11 is 0. The third-order valence-corrected chi connectivity index (χ3v) is 2.92. The Kier molecular flexibility index (Phi) is 5.15. The van der Waals surface area contributed by atoms with Gasteiger partial charge < -0.3 is 9.47 Å². The summed E-state index contributed by atoms with van der Waals surface area (Å²) in [6, 6.07) is 11.1. The first-order chi connectivity index (χ1) is 10.2. The Morgan fingerprint density at radius 3 is 2.81 bits per heavy atom. The summed E-state index contributed by atoms with van der Waals surface area (Å²) in [7, 11) is 1.59. The van der Waals surface area contributed by atoms with Gasteiger partial charge in [-0.3, -0.25) is 9.88 Å². The van der Waals surface area contributed by atoms with Crippen molar-refractivity contribution >= 4 is 11.8 Å². The second kappa shape index (κ2) is 7.28. The summed E-state index contributed by atoms with van der Waals surface area (Å²) in [6.07, 6.45) is 3.03. The van der Waals surface area contributed by atoms with Crippen LogP contribution < -0.4 is 9.64 Å². The van der Waals surface area contributed by atoms with Crippen LogP contribution in [0, 0.1) is 0 Å². The van der Waals surface area contributed by atoms with Crippen LogP contribution in [-0.4, -0.2) is 24.8 Å². The fourth-order valence-electron chi connectivity index (χ4n) is 1.92. The highest BCUT2D eigenvalue weighted by atomic mass is 16.6. The standard InChI is InChI=1S/C16H18N2O3/c1-3-21-16(19)18(12-13-6-5-9-17-11-13)14-7-4-8-15(10-14)20-2/h4-11H,3,12H2,1-2H3. The third kappa shape index (κ3) is 3.95. The van der Waals surface area contributed by atoms with Crippen molar-refractivity contribution < 1.29 is 14.3 Å². The summed E-state index contributed by atoms with van der Waals surface area (Å²) in [6.45, 7) is 2.50. The Morgan fingerprint density at radius 1 is 1.29 bits per heavy atom. The van der Waals surface area contributed by atoms with E-state index in [4.69, 9.17) is 9.47 Å². The summed E-state index contributed by atoms with van der Waals surface area (Å²) in [5.41, 5.74) is 1.64. The van der Waals surface area contributed by atoms with Crippen molar-refractivity contribution in [3.63, 3.8) is 0 Å². The topological polar surface area (TPSA) is 51.7 Å². The van der Waals surface area contributed by atoms with Gasteiger partial charge in [0.2, 0.25) is 0 Å². The molecule has 110 valence electrons. The average molecular weight is 286 g/mol. The van der Waals surface area contributed by atoms with E-state index >= 15 is 0 Å². The van der Waals surface area contributed by atoms with E-state index < -0.39 is 6.09 Å². The molecular weight excluding hydrogens is 268 g/mol. The molecule has 0 atom stereocenters. The lowest BCUT2D eigenvalue weighted by Gasteiger charge is -2.22. The number of ether oxygens (including phenoxy) is 2. The number of carbonyl (C=O) groups excluding carboxylic acids is 1. The minimum atomic E-state index is -0.394. The quantitative estimate of drug-likeness (QED) is 0.846. The molecule has 1 amide bonds. The second-order valence-corrected chi connectivity index (χ2v) is 4.35. The minimum Gasteiger partial charge on any atom is -0.497 e. The predicted molar refractivity (Wildman–Crippen MR) is 80.4 cm³/mol. The number of rotatable bonds is 5. The molecule has 1 aromatic heterocycles. The van der Waals surface area contributed by atoms with E-state index in [9.17, 15) is 4.79 Å². The van der Waals surface area contributed by atoms with Crippen LogP contribution in [0.3, 0.4) is 0 Å². The number of amides is 1. The van der Waals surface area contributed by atoms with Gasteiger partial charge >= 0.3 is 6.09 Å². The van der Waals surface area contributed by atoms with Crippen LogP contribution in [0.2, 0.25) is 0 Å². The number of hydrogen-bond donors (Lipinski definition) is 0. The molecule has 0 spiro atoms. The lowest BCUT2D eigenvalue weighted by Crippen LogP contribution is -2.31. The van der Waals surface area contributed by atoms with Gasteiger partial charge in [0.25, 0.3) is 0 Å². The summed E-state index contributed by atoms with van der Waals surface area (Å²) in [5, 5.41) is 0. The van der Waals surface area contributed by atoms with Crippen LogP contribution in [0.5, 0.6) is 5.75 Å². The van der Waals surface area contributed by atoms with Crippen LogP contribution in [0.4, 0.5) is 10.5 Å². The molecule has 1 aromatic carbocycles. The van der Waals surface area contributed by atoms with E-state index in [1.807, 2.05) is 30.3 Å². The first kappa shape index (κ1) is 14.8. The van der Waals surface area contributed by atoms with Crippen molar-refractivity contribution in [1.82, 2.24) is 4.98 Å². The third-order valence-electron chi connectivity index (χ3n) is 2.92. The van der Waals surface area contributed by atoms with E-state index in [0.717, 1.165) is 11.3 Å². The van der Waals surface area contributed by atoms with Gasteiger partial charge in [0.15, 0.2) is 0 Å². The van der Waals surface area contributed by atoms with Gasteiger partial charge in [-0.15, -0.1) is 0 Å². The van der Waals surface area contributed by atoms with Gasteiger partial charge in [0.1, 0.15) is 5.75 Å². The molecule has 1 heterocycles. The largest absolute Gasteiger partial charge is 0.497 e. The number of nitrogens with zero attached hydrogens (tertiary/aromatic N) is 2. The molecule has 0 aliphatic carbocycles. The fourth-order valence-corrected chi connectivity index (χ4v) is 1.92. The Balaban J connectivity index is 2.28. The lowest BCUT2D eigenvalue weighted by molar-refractivity contribution is 0.159. The molecule has 0 bridgehead atoms. The molecule has 2 rings (SSSR count). The SMILES string of the molecule is CCOC(=O)N(Cc1cccnc1)c1cccc(OC)c1. The first-order valence-electron chi connectivity index (χ1n) is 6.72. The maximum atomic E-state index is 12.2. The monoisotopic (exact) mass is 286 g/mol. The zero-order valence-electron chi connectivity index (χ0n) is 12.2. The van der Waals surface area contributed by atoms with Crippen molar-refractivity contribution in [1.29, 1.82) is 0 Å². The number of aromatic nitrogens is 1. The zero-order chi connectivity index (χ0) is 15.1. The number of pyridine rings is 1. The Bertz CT molecular complexity index is 587. The van der Waals surface area contributed by atoms with Crippen LogP contribution in [-0.2, 0) is 11.3 Å². The lowest BCUT2D eigenvalue weighted by atomic mass is 10.2. The smallest absolute Gasteiger partial charge is 0.414 e. The maximum Gasteiger partial charge on any atom is 0.414 e. The summed E-state index contributed by atoms with van der Waals surface area (Å²) in [4.78, 5) is 17.8. The Labute approximate surface area is 124 Å². The molecule has 0 unspecified atom stereocenters. The molecule has 21 heavy (non-hydrogen) atoms.